The fourth-order valence-electron chi connectivity index (χ4n) is 4.14. The van der Waals surface area contributed by atoms with Gasteiger partial charge >= 0.3 is 6.01 Å². The number of likely N-dealkylation sites (N-methyl/N-ethyl adjacent to an activating group) is 1. The number of ether oxygens (including phenoxy) is 1. The van der Waals surface area contributed by atoms with Crippen LogP contribution in [0.1, 0.15) is 49.3 Å². The van der Waals surface area contributed by atoms with E-state index in [1.165, 1.54) is 6.08 Å². The Morgan fingerprint density at radius 2 is 1.82 bits per heavy atom. The Morgan fingerprint density at radius 1 is 1.05 bits per heavy atom. The monoisotopic (exact) mass is 535 g/mol. The predicted octanol–water partition coefficient (Wildman–Crippen LogP) is 6.13. The Balaban J connectivity index is 0.00000400. The van der Waals surface area contributed by atoms with Gasteiger partial charge in [0.05, 0.1) is 17.5 Å². The molecule has 2 heterocycles. The maximum atomic E-state index is 14.3. The molecule has 2 aromatic carbocycles. The molecule has 0 radical (unpaired) electrons. The van der Waals surface area contributed by atoms with Gasteiger partial charge in [0.25, 0.3) is 0 Å². The van der Waals surface area contributed by atoms with Crippen LogP contribution in [0, 0.1) is 5.95 Å². The minimum Gasteiger partial charge on any atom is -0.463 e. The quantitative estimate of drug-likeness (QED) is 0.137. The number of allylic oxidation sites excluding steroid dienone is 2. The Labute approximate surface area is 227 Å². The molecule has 1 amide bonds. The molecule has 0 saturated carbocycles. The fraction of sp³-hybridized carbons (Fsp3) is 0.241. The number of unbranched alkanes of at least 4 members (excludes halogenated alkanes) is 2. The summed E-state index contributed by atoms with van der Waals surface area (Å²) in [5.74, 6) is -0.565. The maximum absolute atomic E-state index is 14.3. The van der Waals surface area contributed by atoms with Crippen LogP contribution < -0.4 is 10.1 Å². The lowest BCUT2D eigenvalue weighted by Gasteiger charge is -2.16. The zero-order chi connectivity index (χ0) is 26.0. The Kier molecular flexibility index (Phi) is 10.5. The standard InChI is InChI=1S/C29H30FN5O2.ClH/c1-3-23(20-11-7-6-8-12-20)27(21-14-15-25-24(17-21)28(30)35-34-25)22-18-32-29(33-19-22)37-16-10-5-4-9-13-26(36)31-2;/h6-9,11-15,17-19H,3-5,10,16H2,1-2H3,(H,31,36)(H,34,35);1H/b13-9+,27-23-;. The molecule has 0 aliphatic heterocycles. The summed E-state index contributed by atoms with van der Waals surface area (Å²) in [6.45, 7) is 2.58. The zero-order valence-corrected chi connectivity index (χ0v) is 22.2. The second-order valence-electron chi connectivity index (χ2n) is 8.46. The van der Waals surface area contributed by atoms with Crippen molar-refractivity contribution in [2.45, 2.75) is 32.6 Å². The number of amides is 1. The van der Waals surface area contributed by atoms with Crippen LogP contribution >= 0.6 is 12.4 Å². The molecule has 4 rings (SSSR count). The second kappa shape index (κ2) is 14.0. The van der Waals surface area contributed by atoms with Crippen LogP contribution in [-0.4, -0.2) is 39.7 Å². The number of hydrogen-bond donors (Lipinski definition) is 2. The van der Waals surface area contributed by atoms with E-state index in [-0.39, 0.29) is 18.3 Å². The molecule has 2 N–H and O–H groups in total. The van der Waals surface area contributed by atoms with Crippen molar-refractivity contribution in [3.8, 4) is 6.01 Å². The average molecular weight is 536 g/mol. The number of hydrogen-bond acceptors (Lipinski definition) is 5. The minimum absolute atomic E-state index is 0. The van der Waals surface area contributed by atoms with Gasteiger partial charge in [-0.1, -0.05) is 49.4 Å². The van der Waals surface area contributed by atoms with E-state index in [0.29, 0.717) is 23.5 Å². The number of fused-ring (bicyclic) bond motifs is 1. The van der Waals surface area contributed by atoms with Crippen LogP contribution in [0.3, 0.4) is 0 Å². The molecule has 0 spiro atoms. The third kappa shape index (κ3) is 7.04. The van der Waals surface area contributed by atoms with E-state index in [1.807, 2.05) is 42.5 Å². The number of aromatic amines is 1. The van der Waals surface area contributed by atoms with Gasteiger partial charge in [0, 0.05) is 25.0 Å². The van der Waals surface area contributed by atoms with Crippen molar-refractivity contribution in [2.75, 3.05) is 13.7 Å². The molecule has 9 heteroatoms. The lowest BCUT2D eigenvalue weighted by molar-refractivity contribution is -0.116. The number of nitrogens with one attached hydrogen (secondary N) is 2. The number of carbonyl (C=O) groups excluding carboxylic acids is 1. The summed E-state index contributed by atoms with van der Waals surface area (Å²) in [6, 6.07) is 16.0. The molecule has 0 saturated heterocycles. The van der Waals surface area contributed by atoms with Crippen molar-refractivity contribution in [3.63, 3.8) is 0 Å². The number of carbonyl (C=O) groups is 1. The summed E-state index contributed by atoms with van der Waals surface area (Å²) in [5.41, 5.74) is 5.36. The van der Waals surface area contributed by atoms with E-state index < -0.39 is 5.95 Å². The van der Waals surface area contributed by atoms with Crippen LogP contribution in [0.4, 0.5) is 4.39 Å². The summed E-state index contributed by atoms with van der Waals surface area (Å²) in [5, 5.41) is 9.41. The molecular formula is C29H31ClFN5O2. The highest BCUT2D eigenvalue weighted by molar-refractivity contribution is 6.00. The molecule has 0 fully saturated rings. The topological polar surface area (TPSA) is 92.8 Å². The molecule has 0 unspecified atom stereocenters. The second-order valence-corrected chi connectivity index (χ2v) is 8.46. The molecule has 38 heavy (non-hydrogen) atoms. The van der Waals surface area contributed by atoms with Crippen molar-refractivity contribution in [1.29, 1.82) is 0 Å². The smallest absolute Gasteiger partial charge is 0.316 e. The lowest BCUT2D eigenvalue weighted by atomic mass is 9.89. The largest absolute Gasteiger partial charge is 0.463 e. The van der Waals surface area contributed by atoms with Crippen molar-refractivity contribution in [2.24, 2.45) is 0 Å². The highest BCUT2D eigenvalue weighted by Gasteiger charge is 2.16. The first kappa shape index (κ1) is 28.5. The fourth-order valence-corrected chi connectivity index (χ4v) is 4.14. The van der Waals surface area contributed by atoms with E-state index in [4.69, 9.17) is 4.74 Å². The Morgan fingerprint density at radius 3 is 2.53 bits per heavy atom. The number of aromatic nitrogens is 4. The van der Waals surface area contributed by atoms with Gasteiger partial charge in [-0.05, 0) is 66.2 Å². The summed E-state index contributed by atoms with van der Waals surface area (Å²) in [4.78, 5) is 20.1. The van der Waals surface area contributed by atoms with E-state index >= 15 is 0 Å². The van der Waals surface area contributed by atoms with Crippen molar-refractivity contribution in [1.82, 2.24) is 25.5 Å². The summed E-state index contributed by atoms with van der Waals surface area (Å²) >= 11 is 0. The number of H-pyrrole nitrogens is 1. The molecule has 0 aliphatic rings. The molecule has 0 aliphatic carbocycles. The average Bonchev–Trinajstić information content (AvgIpc) is 3.31. The predicted molar refractivity (Wildman–Crippen MR) is 151 cm³/mol. The van der Waals surface area contributed by atoms with Gasteiger partial charge in [0.2, 0.25) is 11.9 Å². The van der Waals surface area contributed by atoms with Gasteiger partial charge in [0.1, 0.15) is 0 Å². The Hall–Kier alpha value is -4.04. The SMILES string of the molecule is CC/C(=C(/c1cnc(OCCCC/C=C/C(=O)NC)nc1)c1ccc2n[nH]c(F)c2c1)c1ccccc1.Cl. The van der Waals surface area contributed by atoms with Crippen molar-refractivity contribution >= 4 is 40.4 Å². The van der Waals surface area contributed by atoms with E-state index in [0.717, 1.165) is 53.5 Å². The van der Waals surface area contributed by atoms with Crippen LogP contribution in [0.5, 0.6) is 6.01 Å². The third-order valence-electron chi connectivity index (χ3n) is 6.00. The highest BCUT2D eigenvalue weighted by atomic mass is 35.5. The third-order valence-corrected chi connectivity index (χ3v) is 6.00. The van der Waals surface area contributed by atoms with Gasteiger partial charge < -0.3 is 10.1 Å². The highest BCUT2D eigenvalue weighted by Crippen LogP contribution is 2.35. The normalized spacial score (nSPS) is 11.8. The molecular weight excluding hydrogens is 505 g/mol. The summed E-state index contributed by atoms with van der Waals surface area (Å²) in [6.07, 6.45) is 10.1. The summed E-state index contributed by atoms with van der Waals surface area (Å²) in [7, 11) is 1.60. The molecule has 0 atom stereocenters. The van der Waals surface area contributed by atoms with Crippen LogP contribution in [0.2, 0.25) is 0 Å². The first-order valence-corrected chi connectivity index (χ1v) is 12.4. The van der Waals surface area contributed by atoms with Gasteiger partial charge in [-0.2, -0.15) is 9.49 Å². The van der Waals surface area contributed by atoms with Crippen molar-refractivity contribution in [3.05, 3.63) is 95.7 Å². The zero-order valence-electron chi connectivity index (χ0n) is 21.4. The van der Waals surface area contributed by atoms with Gasteiger partial charge in [-0.3, -0.25) is 9.89 Å². The van der Waals surface area contributed by atoms with Gasteiger partial charge in [-0.15, -0.1) is 12.4 Å². The van der Waals surface area contributed by atoms with Crippen LogP contribution in [0.25, 0.3) is 22.0 Å². The number of benzene rings is 2. The van der Waals surface area contributed by atoms with Crippen LogP contribution in [-0.2, 0) is 4.79 Å². The van der Waals surface area contributed by atoms with Crippen LogP contribution in [0.15, 0.2) is 73.1 Å². The minimum atomic E-state index is -0.460. The molecule has 0 bridgehead atoms. The first-order valence-electron chi connectivity index (χ1n) is 12.4. The molecule has 7 nitrogen and oxygen atoms in total. The maximum Gasteiger partial charge on any atom is 0.316 e. The molecule has 2 aromatic heterocycles. The van der Waals surface area contributed by atoms with E-state index in [1.54, 1.807) is 19.4 Å². The summed E-state index contributed by atoms with van der Waals surface area (Å²) < 4.78 is 20.0. The number of nitrogens with zero attached hydrogens (tertiary/aromatic N) is 3. The molecule has 4 aromatic rings. The van der Waals surface area contributed by atoms with Gasteiger partial charge in [-0.25, -0.2) is 9.97 Å². The number of halogens is 2. The first-order chi connectivity index (χ1) is 18.1. The Bertz CT molecular complexity index is 1400. The van der Waals surface area contributed by atoms with Gasteiger partial charge in [0.15, 0.2) is 0 Å². The molecule has 198 valence electrons. The van der Waals surface area contributed by atoms with E-state index in [9.17, 15) is 9.18 Å². The lowest BCUT2D eigenvalue weighted by Crippen LogP contribution is -2.13. The number of rotatable bonds is 11. The van der Waals surface area contributed by atoms with Crippen molar-refractivity contribution < 1.29 is 13.9 Å². The van der Waals surface area contributed by atoms with E-state index in [2.05, 4.69) is 44.5 Å².